The molecule has 0 unspecified atom stereocenters. The number of aliphatic hydroxyl groups excluding tert-OH is 1. The number of aromatic nitrogens is 2. The van der Waals surface area contributed by atoms with Gasteiger partial charge in [0.2, 0.25) is 0 Å². The van der Waals surface area contributed by atoms with Gasteiger partial charge in [0.1, 0.15) is 16.9 Å². The van der Waals surface area contributed by atoms with Crippen molar-refractivity contribution in [3.05, 3.63) is 76.3 Å². The van der Waals surface area contributed by atoms with Crippen molar-refractivity contribution >= 4 is 29.1 Å². The summed E-state index contributed by atoms with van der Waals surface area (Å²) in [6.07, 6.45) is 3.00. The van der Waals surface area contributed by atoms with Gasteiger partial charge < -0.3 is 20.3 Å². The molecular formula is C24H31Cl2N5O2. The van der Waals surface area contributed by atoms with E-state index in [0.29, 0.717) is 22.4 Å². The van der Waals surface area contributed by atoms with Crippen LogP contribution < -0.4 is 5.32 Å². The highest BCUT2D eigenvalue weighted by Crippen LogP contribution is 2.25. The number of hydrogen-bond acceptors (Lipinski definition) is 5. The minimum atomic E-state index is -0.330. The van der Waals surface area contributed by atoms with Gasteiger partial charge in [-0.1, -0.05) is 55.2 Å². The van der Waals surface area contributed by atoms with Crippen LogP contribution in [0.1, 0.15) is 29.9 Å². The standard InChI is InChI=1S/C13H11ClN4O2.C6H5Cl.C3H9N.C2H6/c14-12-4-10(9(5-15)7-18-12)8-3-11(17-6-8)13(20)16-1-2-19;7-6-4-2-1-3-5-6;1-4(2)3;1-2/h3-4,6-7,17,19H,1-2H2,(H,16,20);1-5H;1-3H3;1-2H3. The highest BCUT2D eigenvalue weighted by atomic mass is 35.5. The van der Waals surface area contributed by atoms with Crippen LogP contribution >= 0.6 is 23.2 Å². The number of nitriles is 1. The largest absolute Gasteiger partial charge is 0.395 e. The van der Waals surface area contributed by atoms with Crippen LogP contribution in [0.4, 0.5) is 0 Å². The zero-order chi connectivity index (χ0) is 25.2. The highest BCUT2D eigenvalue weighted by Gasteiger charge is 2.12. The molecule has 2 aromatic heterocycles. The zero-order valence-electron chi connectivity index (χ0n) is 19.6. The molecule has 0 aliphatic heterocycles. The molecule has 0 atom stereocenters. The van der Waals surface area contributed by atoms with E-state index >= 15 is 0 Å². The number of nitrogens with one attached hydrogen (secondary N) is 2. The van der Waals surface area contributed by atoms with E-state index in [1.54, 1.807) is 18.3 Å². The fraction of sp³-hybridized carbons (Fsp3) is 0.292. The van der Waals surface area contributed by atoms with E-state index in [1.807, 2.05) is 76.3 Å². The number of nitrogens with zero attached hydrogens (tertiary/aromatic N) is 3. The molecular weight excluding hydrogens is 461 g/mol. The first-order valence-electron chi connectivity index (χ1n) is 10.2. The van der Waals surface area contributed by atoms with Crippen LogP contribution in [0.2, 0.25) is 10.2 Å². The van der Waals surface area contributed by atoms with Crippen molar-refractivity contribution in [3.63, 3.8) is 0 Å². The molecule has 0 fully saturated rings. The Balaban J connectivity index is 0.000000647. The summed E-state index contributed by atoms with van der Waals surface area (Å²) >= 11 is 11.4. The van der Waals surface area contributed by atoms with Crippen molar-refractivity contribution in [2.75, 3.05) is 34.3 Å². The molecule has 178 valence electrons. The minimum absolute atomic E-state index is 0.127. The van der Waals surface area contributed by atoms with Gasteiger partial charge in [-0.2, -0.15) is 5.26 Å². The van der Waals surface area contributed by atoms with Crippen molar-refractivity contribution in [2.24, 2.45) is 0 Å². The second-order valence-corrected chi connectivity index (χ2v) is 7.41. The molecule has 1 aromatic carbocycles. The maximum atomic E-state index is 11.7. The van der Waals surface area contributed by atoms with Gasteiger partial charge >= 0.3 is 0 Å². The minimum Gasteiger partial charge on any atom is -0.395 e. The van der Waals surface area contributed by atoms with Crippen molar-refractivity contribution in [1.82, 2.24) is 20.2 Å². The van der Waals surface area contributed by atoms with E-state index in [2.05, 4.69) is 15.3 Å². The van der Waals surface area contributed by atoms with Crippen LogP contribution in [-0.4, -0.2) is 60.2 Å². The van der Waals surface area contributed by atoms with Gasteiger partial charge in [-0.3, -0.25) is 4.79 Å². The topological polar surface area (TPSA) is 105 Å². The molecule has 0 spiro atoms. The van der Waals surface area contributed by atoms with Gasteiger partial charge in [-0.05, 0) is 45.4 Å². The Labute approximate surface area is 206 Å². The fourth-order valence-corrected chi connectivity index (χ4v) is 2.42. The predicted octanol–water partition coefficient (Wildman–Crippen LogP) is 4.87. The number of hydrogen-bond donors (Lipinski definition) is 3. The second kappa shape index (κ2) is 17.6. The molecule has 33 heavy (non-hydrogen) atoms. The molecule has 0 saturated carbocycles. The SMILES string of the molecule is CC.CN(C)C.Clc1ccccc1.N#Cc1cnc(Cl)cc1-c1c[nH]c(C(=O)NCCO)c1. The van der Waals surface area contributed by atoms with Gasteiger partial charge in [0.25, 0.3) is 5.91 Å². The van der Waals surface area contributed by atoms with E-state index in [-0.39, 0.29) is 24.2 Å². The second-order valence-electron chi connectivity index (χ2n) is 6.58. The van der Waals surface area contributed by atoms with Gasteiger partial charge in [-0.15, -0.1) is 0 Å². The summed E-state index contributed by atoms with van der Waals surface area (Å²) in [7, 11) is 6.00. The van der Waals surface area contributed by atoms with Crippen LogP contribution in [0.5, 0.6) is 0 Å². The third-order valence-corrected chi connectivity index (χ3v) is 3.82. The predicted molar refractivity (Wildman–Crippen MR) is 136 cm³/mol. The first kappa shape index (κ1) is 30.1. The summed E-state index contributed by atoms with van der Waals surface area (Å²) in [6, 6.07) is 14.6. The third-order valence-electron chi connectivity index (χ3n) is 3.36. The summed E-state index contributed by atoms with van der Waals surface area (Å²) in [4.78, 5) is 20.4. The van der Waals surface area contributed by atoms with Gasteiger partial charge in [0.05, 0.1) is 12.2 Å². The van der Waals surface area contributed by atoms with Crippen LogP contribution in [-0.2, 0) is 0 Å². The van der Waals surface area contributed by atoms with E-state index in [1.165, 1.54) is 6.20 Å². The van der Waals surface area contributed by atoms with Crippen LogP contribution in [0.25, 0.3) is 11.1 Å². The normalized spacial score (nSPS) is 9.21. The molecule has 0 aliphatic rings. The lowest BCUT2D eigenvalue weighted by Crippen LogP contribution is -2.26. The van der Waals surface area contributed by atoms with E-state index in [9.17, 15) is 4.79 Å². The van der Waals surface area contributed by atoms with Crippen LogP contribution in [0.3, 0.4) is 0 Å². The number of rotatable bonds is 4. The lowest BCUT2D eigenvalue weighted by Gasteiger charge is -2.01. The van der Waals surface area contributed by atoms with Gasteiger partial charge in [0, 0.05) is 35.1 Å². The summed E-state index contributed by atoms with van der Waals surface area (Å²) in [6.45, 7) is 4.05. The van der Waals surface area contributed by atoms with Crippen molar-refractivity contribution < 1.29 is 9.90 Å². The molecule has 3 N–H and O–H groups in total. The Bertz CT molecular complexity index is 983. The lowest BCUT2D eigenvalue weighted by atomic mass is 10.1. The average Bonchev–Trinajstić information content (AvgIpc) is 3.30. The monoisotopic (exact) mass is 491 g/mol. The summed E-state index contributed by atoms with van der Waals surface area (Å²) < 4.78 is 0. The molecule has 3 aromatic rings. The first-order chi connectivity index (χ1) is 15.8. The zero-order valence-corrected chi connectivity index (χ0v) is 21.1. The number of aromatic amines is 1. The number of carbonyl (C=O) groups excluding carboxylic acids is 1. The number of aliphatic hydroxyl groups is 1. The lowest BCUT2D eigenvalue weighted by molar-refractivity contribution is 0.0940. The molecule has 1 amide bonds. The number of halogens is 2. The molecule has 7 nitrogen and oxygen atoms in total. The van der Waals surface area contributed by atoms with E-state index < -0.39 is 0 Å². The van der Waals surface area contributed by atoms with Crippen molar-refractivity contribution in [3.8, 4) is 17.2 Å². The number of pyridine rings is 1. The Hall–Kier alpha value is -2.89. The molecule has 0 bridgehead atoms. The number of H-pyrrole nitrogens is 1. The number of benzene rings is 1. The third kappa shape index (κ3) is 12.7. The summed E-state index contributed by atoms with van der Waals surface area (Å²) in [5.41, 5.74) is 1.98. The molecule has 0 aliphatic carbocycles. The van der Waals surface area contributed by atoms with Gasteiger partial charge in [-0.25, -0.2) is 4.98 Å². The van der Waals surface area contributed by atoms with Gasteiger partial charge in [0.15, 0.2) is 0 Å². The van der Waals surface area contributed by atoms with Crippen LogP contribution in [0, 0.1) is 11.3 Å². The molecule has 9 heteroatoms. The highest BCUT2D eigenvalue weighted by molar-refractivity contribution is 6.30. The van der Waals surface area contributed by atoms with Crippen molar-refractivity contribution in [2.45, 2.75) is 13.8 Å². The Morgan fingerprint density at radius 2 is 1.79 bits per heavy atom. The number of amides is 1. The quantitative estimate of drug-likeness (QED) is 0.451. The molecule has 0 radical (unpaired) electrons. The smallest absolute Gasteiger partial charge is 0.267 e. The van der Waals surface area contributed by atoms with Crippen LogP contribution in [0.15, 0.2) is 54.9 Å². The Morgan fingerprint density at radius 3 is 2.27 bits per heavy atom. The van der Waals surface area contributed by atoms with E-state index in [0.717, 1.165) is 5.02 Å². The Kier molecular flexibility index (Phi) is 16.1. The Morgan fingerprint density at radius 1 is 1.18 bits per heavy atom. The maximum Gasteiger partial charge on any atom is 0.267 e. The van der Waals surface area contributed by atoms with Crippen molar-refractivity contribution in [1.29, 1.82) is 5.26 Å². The van der Waals surface area contributed by atoms with E-state index in [4.69, 9.17) is 33.6 Å². The molecule has 2 heterocycles. The first-order valence-corrected chi connectivity index (χ1v) is 11.0. The summed E-state index contributed by atoms with van der Waals surface area (Å²) in [5, 5.41) is 21.3. The number of carbonyl (C=O) groups is 1. The fourth-order valence-electron chi connectivity index (χ4n) is 2.12. The molecule has 3 rings (SSSR count). The maximum absolute atomic E-state index is 11.7. The average molecular weight is 492 g/mol. The summed E-state index contributed by atoms with van der Waals surface area (Å²) in [5.74, 6) is -0.330. The molecule has 0 saturated heterocycles.